The summed E-state index contributed by atoms with van der Waals surface area (Å²) in [6, 6.07) is 16.8. The number of benzene rings is 2. The fourth-order valence-corrected chi connectivity index (χ4v) is 3.41. The second-order valence-electron chi connectivity index (χ2n) is 6.80. The van der Waals surface area contributed by atoms with Gasteiger partial charge in [-0.1, -0.05) is 24.3 Å². The summed E-state index contributed by atoms with van der Waals surface area (Å²) in [6.07, 6.45) is 1.09. The van der Waals surface area contributed by atoms with Crippen LogP contribution < -0.4 is 25.0 Å². The summed E-state index contributed by atoms with van der Waals surface area (Å²) in [5.74, 6) is 2.30. The zero-order valence-corrected chi connectivity index (χ0v) is 16.9. The van der Waals surface area contributed by atoms with Crippen LogP contribution in [0.25, 0.3) is 0 Å². The second-order valence-corrected chi connectivity index (χ2v) is 6.80. The average molecular weight is 383 g/mol. The van der Waals surface area contributed by atoms with Gasteiger partial charge < -0.3 is 25.0 Å². The Hall–Kier alpha value is -2.89. The van der Waals surface area contributed by atoms with Gasteiger partial charge in [0.25, 0.3) is 0 Å². The van der Waals surface area contributed by atoms with Gasteiger partial charge in [0, 0.05) is 31.4 Å². The fraction of sp³-hybridized carbons (Fsp3) is 0.409. The zero-order valence-electron chi connectivity index (χ0n) is 16.9. The number of para-hydroxylation sites is 1. The third kappa shape index (κ3) is 5.09. The normalized spacial score (nSPS) is 16.8. The molecule has 1 saturated heterocycles. The smallest absolute Gasteiger partial charge is 0.191 e. The van der Waals surface area contributed by atoms with Gasteiger partial charge in [0.2, 0.25) is 0 Å². The van der Waals surface area contributed by atoms with Crippen LogP contribution in [-0.2, 0) is 6.54 Å². The lowest BCUT2D eigenvalue weighted by atomic mass is 10.2. The lowest BCUT2D eigenvalue weighted by Gasteiger charge is -2.20. The summed E-state index contributed by atoms with van der Waals surface area (Å²) in [4.78, 5) is 7.17. The Bertz CT molecular complexity index is 779. The summed E-state index contributed by atoms with van der Waals surface area (Å²) in [5.41, 5.74) is 2.35. The van der Waals surface area contributed by atoms with Crippen molar-refractivity contribution in [2.75, 3.05) is 38.8 Å². The second kappa shape index (κ2) is 9.88. The minimum Gasteiger partial charge on any atom is -0.493 e. The van der Waals surface area contributed by atoms with Crippen molar-refractivity contribution in [2.24, 2.45) is 4.99 Å². The fourth-order valence-electron chi connectivity index (χ4n) is 3.41. The van der Waals surface area contributed by atoms with Crippen molar-refractivity contribution >= 4 is 11.6 Å². The molecule has 1 aliphatic heterocycles. The summed E-state index contributed by atoms with van der Waals surface area (Å²) in [6.45, 7) is 5.51. The standard InChI is InChI=1S/C22H30N4O2/c1-4-23-22(24-15-17-10-11-20(27-2)21(14-17)28-3)25-18-12-13-26(16-18)19-8-6-5-7-9-19/h5-11,14,18H,4,12-13,15-16H2,1-3H3,(H2,23,24,25). The van der Waals surface area contributed by atoms with Crippen molar-refractivity contribution in [3.05, 3.63) is 54.1 Å². The van der Waals surface area contributed by atoms with Gasteiger partial charge in [-0.3, -0.25) is 0 Å². The van der Waals surface area contributed by atoms with E-state index in [0.717, 1.165) is 49.1 Å². The largest absolute Gasteiger partial charge is 0.493 e. The Balaban J connectivity index is 1.62. The van der Waals surface area contributed by atoms with Gasteiger partial charge in [-0.25, -0.2) is 4.99 Å². The van der Waals surface area contributed by atoms with Crippen LogP contribution in [0.3, 0.4) is 0 Å². The highest BCUT2D eigenvalue weighted by molar-refractivity contribution is 5.80. The van der Waals surface area contributed by atoms with E-state index >= 15 is 0 Å². The van der Waals surface area contributed by atoms with Crippen LogP contribution in [0.15, 0.2) is 53.5 Å². The Morgan fingerprint density at radius 2 is 1.89 bits per heavy atom. The van der Waals surface area contributed by atoms with Crippen molar-refractivity contribution in [1.82, 2.24) is 10.6 Å². The SMILES string of the molecule is CCNC(=NCc1ccc(OC)c(OC)c1)NC1CCN(c2ccccc2)C1. The molecule has 3 rings (SSSR count). The molecule has 0 spiro atoms. The van der Waals surface area contributed by atoms with E-state index in [2.05, 4.69) is 52.8 Å². The van der Waals surface area contributed by atoms with Gasteiger partial charge in [0.15, 0.2) is 17.5 Å². The minimum atomic E-state index is 0.378. The van der Waals surface area contributed by atoms with E-state index in [1.165, 1.54) is 5.69 Å². The summed E-state index contributed by atoms with van der Waals surface area (Å²) in [5, 5.41) is 6.93. The zero-order chi connectivity index (χ0) is 19.8. The Labute approximate surface area is 167 Å². The molecule has 1 unspecified atom stereocenters. The first-order valence-corrected chi connectivity index (χ1v) is 9.79. The van der Waals surface area contributed by atoms with Crippen molar-refractivity contribution in [3.8, 4) is 11.5 Å². The van der Waals surface area contributed by atoms with E-state index in [-0.39, 0.29) is 0 Å². The predicted octanol–water partition coefficient (Wildman–Crippen LogP) is 3.04. The molecule has 1 atom stereocenters. The van der Waals surface area contributed by atoms with Crippen LogP contribution in [0.2, 0.25) is 0 Å². The molecule has 2 N–H and O–H groups in total. The number of rotatable bonds is 7. The lowest BCUT2D eigenvalue weighted by Crippen LogP contribution is -2.44. The Morgan fingerprint density at radius 3 is 2.61 bits per heavy atom. The van der Waals surface area contributed by atoms with Crippen LogP contribution >= 0.6 is 0 Å². The molecule has 1 aliphatic rings. The van der Waals surface area contributed by atoms with Gasteiger partial charge >= 0.3 is 0 Å². The van der Waals surface area contributed by atoms with Gasteiger partial charge in [0.1, 0.15) is 0 Å². The van der Waals surface area contributed by atoms with E-state index in [9.17, 15) is 0 Å². The molecule has 6 nitrogen and oxygen atoms in total. The molecule has 0 amide bonds. The molecule has 28 heavy (non-hydrogen) atoms. The van der Waals surface area contributed by atoms with Crippen molar-refractivity contribution in [2.45, 2.75) is 25.9 Å². The quantitative estimate of drug-likeness (QED) is 0.569. The van der Waals surface area contributed by atoms with Gasteiger partial charge in [-0.15, -0.1) is 0 Å². The summed E-state index contributed by atoms with van der Waals surface area (Å²) >= 11 is 0. The van der Waals surface area contributed by atoms with E-state index in [4.69, 9.17) is 14.5 Å². The molecule has 1 heterocycles. The first-order chi connectivity index (χ1) is 13.7. The van der Waals surface area contributed by atoms with Gasteiger partial charge in [-0.05, 0) is 43.2 Å². The molecular weight excluding hydrogens is 352 g/mol. The molecule has 6 heteroatoms. The summed E-state index contributed by atoms with van der Waals surface area (Å²) < 4.78 is 10.7. The van der Waals surface area contributed by atoms with Gasteiger partial charge in [-0.2, -0.15) is 0 Å². The molecule has 1 fully saturated rings. The van der Waals surface area contributed by atoms with Crippen LogP contribution in [0, 0.1) is 0 Å². The molecular formula is C22H30N4O2. The van der Waals surface area contributed by atoms with Crippen molar-refractivity contribution < 1.29 is 9.47 Å². The Kier molecular flexibility index (Phi) is 7.00. The first kappa shape index (κ1) is 19.9. The molecule has 2 aromatic rings. The molecule has 2 aromatic carbocycles. The highest BCUT2D eigenvalue weighted by atomic mass is 16.5. The summed E-state index contributed by atoms with van der Waals surface area (Å²) in [7, 11) is 3.29. The number of nitrogens with one attached hydrogen (secondary N) is 2. The van der Waals surface area contributed by atoms with Crippen LogP contribution in [0.4, 0.5) is 5.69 Å². The maximum absolute atomic E-state index is 5.38. The third-order valence-electron chi connectivity index (χ3n) is 4.86. The number of hydrogen-bond donors (Lipinski definition) is 2. The first-order valence-electron chi connectivity index (χ1n) is 9.79. The van der Waals surface area contributed by atoms with Crippen LogP contribution in [0.5, 0.6) is 11.5 Å². The Morgan fingerprint density at radius 1 is 1.11 bits per heavy atom. The monoisotopic (exact) mass is 382 g/mol. The molecule has 0 bridgehead atoms. The van der Waals surface area contributed by atoms with E-state index < -0.39 is 0 Å². The molecule has 0 radical (unpaired) electrons. The number of aliphatic imine (C=N–C) groups is 1. The maximum atomic E-state index is 5.38. The average Bonchev–Trinajstić information content (AvgIpc) is 3.21. The number of methoxy groups -OCH3 is 2. The lowest BCUT2D eigenvalue weighted by molar-refractivity contribution is 0.354. The number of anilines is 1. The number of guanidine groups is 1. The number of ether oxygens (including phenoxy) is 2. The third-order valence-corrected chi connectivity index (χ3v) is 4.86. The van der Waals surface area contributed by atoms with Crippen LogP contribution in [-0.4, -0.2) is 45.9 Å². The number of nitrogens with zero attached hydrogens (tertiary/aromatic N) is 2. The highest BCUT2D eigenvalue weighted by Gasteiger charge is 2.23. The van der Waals surface area contributed by atoms with E-state index in [0.29, 0.717) is 12.6 Å². The maximum Gasteiger partial charge on any atom is 0.191 e. The topological polar surface area (TPSA) is 58.1 Å². The molecule has 0 aromatic heterocycles. The van der Waals surface area contributed by atoms with Crippen molar-refractivity contribution in [3.63, 3.8) is 0 Å². The molecule has 150 valence electrons. The van der Waals surface area contributed by atoms with E-state index in [1.54, 1.807) is 14.2 Å². The van der Waals surface area contributed by atoms with Gasteiger partial charge in [0.05, 0.1) is 20.8 Å². The van der Waals surface area contributed by atoms with E-state index in [1.807, 2.05) is 18.2 Å². The predicted molar refractivity (Wildman–Crippen MR) is 115 cm³/mol. The van der Waals surface area contributed by atoms with Crippen LogP contribution in [0.1, 0.15) is 18.9 Å². The highest BCUT2D eigenvalue weighted by Crippen LogP contribution is 2.27. The minimum absolute atomic E-state index is 0.378. The number of hydrogen-bond acceptors (Lipinski definition) is 4. The molecule has 0 aliphatic carbocycles. The van der Waals surface area contributed by atoms with Crippen molar-refractivity contribution in [1.29, 1.82) is 0 Å². The molecule has 0 saturated carbocycles.